The van der Waals surface area contributed by atoms with Gasteiger partial charge in [0.15, 0.2) is 0 Å². The van der Waals surface area contributed by atoms with Crippen LogP contribution in [0.5, 0.6) is 0 Å². The summed E-state index contributed by atoms with van der Waals surface area (Å²) in [5.41, 5.74) is 2.54. The molecule has 1 amide bonds. The van der Waals surface area contributed by atoms with Gasteiger partial charge in [0.2, 0.25) is 5.91 Å². The minimum atomic E-state index is 0.151. The molecule has 1 fully saturated rings. The van der Waals surface area contributed by atoms with Gasteiger partial charge in [-0.3, -0.25) is 4.79 Å². The molecule has 98 valence electrons. The van der Waals surface area contributed by atoms with Crippen molar-refractivity contribution in [2.75, 3.05) is 26.0 Å². The Bertz CT molecular complexity index is 405. The molecule has 0 aromatic heterocycles. The number of hydrogen-bond donors (Lipinski definition) is 0. The Morgan fingerprint density at radius 3 is 2.72 bits per heavy atom. The molecule has 0 bridgehead atoms. The number of carbonyl (C=O) groups excluding carboxylic acids is 1. The van der Waals surface area contributed by atoms with Crippen LogP contribution in [0.15, 0.2) is 24.3 Å². The molecule has 0 spiro atoms. The second kappa shape index (κ2) is 6.25. The zero-order valence-electron chi connectivity index (χ0n) is 10.9. The Kier molecular flexibility index (Phi) is 4.66. The number of methoxy groups -OCH3 is 1. The van der Waals surface area contributed by atoms with Crippen molar-refractivity contribution in [2.45, 2.75) is 18.7 Å². The smallest absolute Gasteiger partial charge is 0.233 e. The minimum absolute atomic E-state index is 0.151. The maximum atomic E-state index is 11.8. The molecule has 1 heterocycles. The molecular weight excluding hydrogens is 246 g/mol. The first kappa shape index (κ1) is 13.4. The van der Waals surface area contributed by atoms with Crippen LogP contribution in [0, 0.1) is 0 Å². The van der Waals surface area contributed by atoms with Crippen LogP contribution in [0.1, 0.15) is 23.4 Å². The largest absolute Gasteiger partial charge is 0.383 e. The van der Waals surface area contributed by atoms with Crippen molar-refractivity contribution in [3.63, 3.8) is 0 Å². The highest BCUT2D eigenvalue weighted by atomic mass is 32.2. The predicted octanol–water partition coefficient (Wildman–Crippen LogP) is 2.47. The van der Waals surface area contributed by atoms with Crippen LogP contribution in [-0.4, -0.2) is 36.8 Å². The van der Waals surface area contributed by atoms with Crippen molar-refractivity contribution in [3.8, 4) is 0 Å². The van der Waals surface area contributed by atoms with Gasteiger partial charge in [0, 0.05) is 13.7 Å². The van der Waals surface area contributed by atoms with Gasteiger partial charge in [-0.2, -0.15) is 0 Å². The molecule has 0 N–H and O–H groups in total. The first-order valence-corrected chi connectivity index (χ1v) is 7.30. The second-order valence-corrected chi connectivity index (χ2v) is 5.41. The molecular formula is C14H19NO2S. The lowest BCUT2D eigenvalue weighted by molar-refractivity contribution is -0.128. The van der Waals surface area contributed by atoms with Crippen molar-refractivity contribution in [1.29, 1.82) is 0 Å². The molecule has 1 aromatic carbocycles. The molecule has 2 rings (SSSR count). The Balaban J connectivity index is 2.12. The predicted molar refractivity (Wildman–Crippen MR) is 74.6 cm³/mol. The quantitative estimate of drug-likeness (QED) is 0.819. The highest BCUT2D eigenvalue weighted by Gasteiger charge is 2.32. The van der Waals surface area contributed by atoms with Gasteiger partial charge in [-0.25, -0.2) is 0 Å². The molecule has 0 aliphatic carbocycles. The molecule has 3 nitrogen and oxygen atoms in total. The summed E-state index contributed by atoms with van der Waals surface area (Å²) in [6.07, 6.45) is 1.05. The summed E-state index contributed by atoms with van der Waals surface area (Å²) in [6.45, 7) is 3.41. The van der Waals surface area contributed by atoms with Gasteiger partial charge in [-0.05, 0) is 17.5 Å². The molecule has 18 heavy (non-hydrogen) atoms. The van der Waals surface area contributed by atoms with Crippen molar-refractivity contribution in [3.05, 3.63) is 35.4 Å². The first-order chi connectivity index (χ1) is 8.76. The lowest BCUT2D eigenvalue weighted by Gasteiger charge is -2.24. The van der Waals surface area contributed by atoms with Gasteiger partial charge in [0.1, 0.15) is 5.37 Å². The summed E-state index contributed by atoms with van der Waals surface area (Å²) in [7, 11) is 1.67. The average Bonchev–Trinajstić information content (AvgIpc) is 2.78. The normalized spacial score (nSPS) is 19.6. The molecule has 1 aliphatic rings. The van der Waals surface area contributed by atoms with E-state index in [1.165, 1.54) is 11.1 Å². The highest BCUT2D eigenvalue weighted by Crippen LogP contribution is 2.38. The number of thioether (sulfide) groups is 1. The maximum Gasteiger partial charge on any atom is 0.233 e. The van der Waals surface area contributed by atoms with Crippen molar-refractivity contribution in [2.24, 2.45) is 0 Å². The Labute approximate surface area is 113 Å². The molecule has 1 atom stereocenters. The summed E-state index contributed by atoms with van der Waals surface area (Å²) in [5.74, 6) is 0.783. The van der Waals surface area contributed by atoms with E-state index in [1.54, 1.807) is 18.9 Å². The molecule has 1 saturated heterocycles. The van der Waals surface area contributed by atoms with E-state index in [0.717, 1.165) is 6.42 Å². The van der Waals surface area contributed by atoms with E-state index >= 15 is 0 Å². The fourth-order valence-corrected chi connectivity index (χ4v) is 3.30. The molecule has 1 aliphatic heterocycles. The standard InChI is InChI=1S/C14H19NO2S/c1-3-11-4-6-12(7-5-11)14-15(8-9-17-2)13(16)10-18-14/h4-7,14H,3,8-10H2,1-2H3. The third-order valence-electron chi connectivity index (χ3n) is 3.18. The second-order valence-electron chi connectivity index (χ2n) is 4.34. The monoisotopic (exact) mass is 265 g/mol. The summed E-state index contributed by atoms with van der Waals surface area (Å²) in [5, 5.41) is 0.151. The Morgan fingerprint density at radius 2 is 2.11 bits per heavy atom. The van der Waals surface area contributed by atoms with Gasteiger partial charge < -0.3 is 9.64 Å². The van der Waals surface area contributed by atoms with Gasteiger partial charge in [-0.1, -0.05) is 31.2 Å². The molecule has 1 unspecified atom stereocenters. The van der Waals surface area contributed by atoms with E-state index in [9.17, 15) is 4.79 Å². The molecule has 0 radical (unpaired) electrons. The first-order valence-electron chi connectivity index (χ1n) is 6.25. The number of rotatable bonds is 5. The van der Waals surface area contributed by atoms with E-state index < -0.39 is 0 Å². The highest BCUT2D eigenvalue weighted by molar-refractivity contribution is 8.00. The Morgan fingerprint density at radius 1 is 1.39 bits per heavy atom. The minimum Gasteiger partial charge on any atom is -0.383 e. The van der Waals surface area contributed by atoms with Crippen molar-refractivity contribution < 1.29 is 9.53 Å². The molecule has 1 aromatic rings. The lowest BCUT2D eigenvalue weighted by atomic mass is 10.1. The van der Waals surface area contributed by atoms with Crippen molar-refractivity contribution in [1.82, 2.24) is 4.90 Å². The number of hydrogen-bond acceptors (Lipinski definition) is 3. The van der Waals surface area contributed by atoms with E-state index in [0.29, 0.717) is 18.9 Å². The fourth-order valence-electron chi connectivity index (χ4n) is 2.08. The lowest BCUT2D eigenvalue weighted by Crippen LogP contribution is -2.31. The van der Waals surface area contributed by atoms with E-state index in [1.807, 2.05) is 4.90 Å². The van der Waals surface area contributed by atoms with E-state index in [4.69, 9.17) is 4.74 Å². The Hall–Kier alpha value is -1.00. The molecule has 4 heteroatoms. The fraction of sp³-hybridized carbons (Fsp3) is 0.500. The number of aryl methyl sites for hydroxylation is 1. The number of carbonyl (C=O) groups is 1. The summed E-state index contributed by atoms with van der Waals surface area (Å²) in [6, 6.07) is 8.56. The number of ether oxygens (including phenoxy) is 1. The number of nitrogens with zero attached hydrogens (tertiary/aromatic N) is 1. The summed E-state index contributed by atoms with van der Waals surface area (Å²) in [4.78, 5) is 13.7. The van der Waals surface area contributed by atoms with Crippen LogP contribution in [0.25, 0.3) is 0 Å². The maximum absolute atomic E-state index is 11.8. The zero-order valence-corrected chi connectivity index (χ0v) is 11.7. The van der Waals surface area contributed by atoms with Crippen LogP contribution in [-0.2, 0) is 16.0 Å². The van der Waals surface area contributed by atoms with Crippen LogP contribution < -0.4 is 0 Å². The van der Waals surface area contributed by atoms with Crippen molar-refractivity contribution >= 4 is 17.7 Å². The number of benzene rings is 1. The third kappa shape index (κ3) is 2.87. The summed E-state index contributed by atoms with van der Waals surface area (Å²) < 4.78 is 5.07. The average molecular weight is 265 g/mol. The van der Waals surface area contributed by atoms with E-state index in [-0.39, 0.29) is 11.3 Å². The third-order valence-corrected chi connectivity index (χ3v) is 4.43. The van der Waals surface area contributed by atoms with Crippen LogP contribution in [0.3, 0.4) is 0 Å². The summed E-state index contributed by atoms with van der Waals surface area (Å²) >= 11 is 1.70. The van der Waals surface area contributed by atoms with Gasteiger partial charge in [0.05, 0.1) is 12.4 Å². The van der Waals surface area contributed by atoms with Crippen LogP contribution >= 0.6 is 11.8 Å². The topological polar surface area (TPSA) is 29.5 Å². The molecule has 0 saturated carbocycles. The van der Waals surface area contributed by atoms with Gasteiger partial charge in [0.25, 0.3) is 0 Å². The SMILES string of the molecule is CCc1ccc(C2SCC(=O)N2CCOC)cc1. The van der Waals surface area contributed by atoms with Gasteiger partial charge >= 0.3 is 0 Å². The number of amides is 1. The van der Waals surface area contributed by atoms with Crippen LogP contribution in [0.2, 0.25) is 0 Å². The van der Waals surface area contributed by atoms with Crippen LogP contribution in [0.4, 0.5) is 0 Å². The van der Waals surface area contributed by atoms with Gasteiger partial charge in [-0.15, -0.1) is 11.8 Å². The zero-order chi connectivity index (χ0) is 13.0. The van der Waals surface area contributed by atoms with E-state index in [2.05, 4.69) is 31.2 Å².